The van der Waals surface area contributed by atoms with Crippen LogP contribution in [0, 0.1) is 0 Å². The Morgan fingerprint density at radius 3 is 2.64 bits per heavy atom. The van der Waals surface area contributed by atoms with Crippen LogP contribution in [-0.2, 0) is 11.3 Å². The van der Waals surface area contributed by atoms with Gasteiger partial charge in [0.2, 0.25) is 0 Å². The summed E-state index contributed by atoms with van der Waals surface area (Å²) in [6.07, 6.45) is 2.61. The fraction of sp³-hybridized carbons (Fsp3) is 0.650. The molecule has 0 spiro atoms. The van der Waals surface area contributed by atoms with Crippen molar-refractivity contribution in [3.8, 4) is 5.75 Å². The molecule has 1 amide bonds. The van der Waals surface area contributed by atoms with Crippen LogP contribution < -0.4 is 15.4 Å². The highest BCUT2D eigenvalue weighted by atomic mass is 16.5. The number of ether oxygens (including phenoxy) is 1. The molecule has 140 valence electrons. The fourth-order valence-corrected chi connectivity index (χ4v) is 3.23. The van der Waals surface area contributed by atoms with Crippen LogP contribution in [0.25, 0.3) is 0 Å². The number of amides is 1. The average molecular weight is 348 g/mol. The number of hydrogen-bond acceptors (Lipinski definition) is 4. The second-order valence-electron chi connectivity index (χ2n) is 7.79. The van der Waals surface area contributed by atoms with Crippen molar-refractivity contribution in [2.75, 3.05) is 26.2 Å². The smallest absolute Gasteiger partial charge is 0.258 e. The predicted molar refractivity (Wildman–Crippen MR) is 102 cm³/mol. The molecule has 0 saturated carbocycles. The van der Waals surface area contributed by atoms with Gasteiger partial charge in [-0.1, -0.05) is 19.1 Å². The van der Waals surface area contributed by atoms with Gasteiger partial charge in [-0.2, -0.15) is 0 Å². The van der Waals surface area contributed by atoms with Gasteiger partial charge in [0.15, 0.2) is 6.61 Å². The molecular formula is C20H33N3O2. The van der Waals surface area contributed by atoms with E-state index in [1.807, 2.05) is 32.9 Å². The lowest BCUT2D eigenvalue weighted by atomic mass is 10.1. The van der Waals surface area contributed by atoms with Crippen LogP contribution in [0.5, 0.6) is 5.75 Å². The highest BCUT2D eigenvalue weighted by Gasteiger charge is 2.22. The van der Waals surface area contributed by atoms with Crippen molar-refractivity contribution in [1.29, 1.82) is 0 Å². The van der Waals surface area contributed by atoms with Gasteiger partial charge >= 0.3 is 0 Å². The maximum atomic E-state index is 11.8. The Morgan fingerprint density at radius 2 is 2.00 bits per heavy atom. The van der Waals surface area contributed by atoms with E-state index in [1.54, 1.807) is 0 Å². The van der Waals surface area contributed by atoms with Crippen LogP contribution in [0.2, 0.25) is 0 Å². The Morgan fingerprint density at radius 1 is 1.28 bits per heavy atom. The Labute approximate surface area is 152 Å². The first-order chi connectivity index (χ1) is 11.9. The largest absolute Gasteiger partial charge is 0.484 e. The van der Waals surface area contributed by atoms with Gasteiger partial charge in [-0.25, -0.2) is 0 Å². The minimum Gasteiger partial charge on any atom is -0.484 e. The molecule has 1 aliphatic heterocycles. The summed E-state index contributed by atoms with van der Waals surface area (Å²) in [4.78, 5) is 14.3. The van der Waals surface area contributed by atoms with Crippen molar-refractivity contribution >= 4 is 5.91 Å². The van der Waals surface area contributed by atoms with Crippen LogP contribution in [0.3, 0.4) is 0 Å². The minimum atomic E-state index is -0.233. The van der Waals surface area contributed by atoms with Gasteiger partial charge in [0.05, 0.1) is 0 Å². The number of likely N-dealkylation sites (tertiary alicyclic amines) is 1. The Bertz CT molecular complexity index is 537. The van der Waals surface area contributed by atoms with E-state index in [-0.39, 0.29) is 18.1 Å². The summed E-state index contributed by atoms with van der Waals surface area (Å²) in [5, 5.41) is 6.44. The Hall–Kier alpha value is -1.59. The van der Waals surface area contributed by atoms with Crippen LogP contribution in [0.15, 0.2) is 24.3 Å². The number of nitrogens with zero attached hydrogens (tertiary/aromatic N) is 1. The molecule has 1 heterocycles. The summed E-state index contributed by atoms with van der Waals surface area (Å²) in [5.74, 6) is 0.621. The lowest BCUT2D eigenvalue weighted by Crippen LogP contribution is -2.43. The molecule has 1 atom stereocenters. The SMILES string of the molecule is CCN1CCC[C@@H]1CNCc1ccc(OCC(=O)NC(C)(C)C)cc1. The lowest BCUT2D eigenvalue weighted by molar-refractivity contribution is -0.124. The number of carbonyl (C=O) groups is 1. The summed E-state index contributed by atoms with van der Waals surface area (Å²) in [5.41, 5.74) is 0.996. The van der Waals surface area contributed by atoms with Crippen molar-refractivity contribution < 1.29 is 9.53 Å². The van der Waals surface area contributed by atoms with Gasteiger partial charge in [-0.3, -0.25) is 9.69 Å². The average Bonchev–Trinajstić information content (AvgIpc) is 3.00. The molecule has 0 aromatic heterocycles. The number of benzene rings is 1. The highest BCUT2D eigenvalue weighted by Crippen LogP contribution is 2.16. The van der Waals surface area contributed by atoms with Crippen molar-refractivity contribution in [2.45, 2.75) is 58.7 Å². The third-order valence-electron chi connectivity index (χ3n) is 4.42. The van der Waals surface area contributed by atoms with E-state index in [2.05, 4.69) is 34.6 Å². The summed E-state index contributed by atoms with van der Waals surface area (Å²) in [6, 6.07) is 8.63. The van der Waals surface area contributed by atoms with Crippen LogP contribution in [0.4, 0.5) is 0 Å². The number of hydrogen-bond donors (Lipinski definition) is 2. The maximum absolute atomic E-state index is 11.8. The Balaban J connectivity index is 1.70. The zero-order chi connectivity index (χ0) is 18.3. The van der Waals surface area contributed by atoms with Gasteiger partial charge < -0.3 is 15.4 Å². The fourth-order valence-electron chi connectivity index (χ4n) is 3.23. The molecule has 0 bridgehead atoms. The number of rotatable bonds is 8. The van der Waals surface area contributed by atoms with Crippen molar-refractivity contribution in [1.82, 2.24) is 15.5 Å². The number of likely N-dealkylation sites (N-methyl/N-ethyl adjacent to an activating group) is 1. The molecule has 1 fully saturated rings. The van der Waals surface area contributed by atoms with Gasteiger partial charge in [0, 0.05) is 24.7 Å². The molecule has 2 N–H and O–H groups in total. The molecule has 25 heavy (non-hydrogen) atoms. The number of nitrogens with one attached hydrogen (secondary N) is 2. The van der Waals surface area contributed by atoms with E-state index < -0.39 is 0 Å². The third kappa shape index (κ3) is 7.04. The quantitative estimate of drug-likeness (QED) is 0.759. The molecule has 1 aliphatic rings. The van der Waals surface area contributed by atoms with Crippen LogP contribution >= 0.6 is 0 Å². The Kier molecular flexibility index (Phi) is 7.26. The standard InChI is InChI=1S/C20H33N3O2/c1-5-23-12-6-7-17(23)14-21-13-16-8-10-18(11-9-16)25-15-19(24)22-20(2,3)4/h8-11,17,21H,5-7,12-15H2,1-4H3,(H,22,24)/t17-/m1/s1. The maximum Gasteiger partial charge on any atom is 0.258 e. The third-order valence-corrected chi connectivity index (χ3v) is 4.42. The summed E-state index contributed by atoms with van der Waals surface area (Å²) >= 11 is 0. The van der Waals surface area contributed by atoms with Crippen LogP contribution in [0.1, 0.15) is 46.1 Å². The van der Waals surface area contributed by atoms with Crippen molar-refractivity contribution in [3.63, 3.8) is 0 Å². The monoisotopic (exact) mass is 347 g/mol. The highest BCUT2D eigenvalue weighted by molar-refractivity contribution is 5.78. The van der Waals surface area contributed by atoms with E-state index in [9.17, 15) is 4.79 Å². The second kappa shape index (κ2) is 9.20. The van der Waals surface area contributed by atoms with Gasteiger partial charge in [0.1, 0.15) is 5.75 Å². The zero-order valence-corrected chi connectivity index (χ0v) is 16.1. The topological polar surface area (TPSA) is 53.6 Å². The van der Waals surface area contributed by atoms with Gasteiger partial charge in [-0.15, -0.1) is 0 Å². The normalized spacial score (nSPS) is 18.3. The van der Waals surface area contributed by atoms with Gasteiger partial charge in [-0.05, 0) is 64.4 Å². The lowest BCUT2D eigenvalue weighted by Gasteiger charge is -2.23. The first-order valence-electron chi connectivity index (χ1n) is 9.35. The number of carbonyl (C=O) groups excluding carboxylic acids is 1. The van der Waals surface area contributed by atoms with Crippen molar-refractivity contribution in [2.24, 2.45) is 0 Å². The summed E-state index contributed by atoms with van der Waals surface area (Å²) in [6.45, 7) is 12.4. The van der Waals surface area contributed by atoms with E-state index in [0.29, 0.717) is 6.04 Å². The minimum absolute atomic E-state index is 0.0450. The predicted octanol–water partition coefficient (Wildman–Crippen LogP) is 2.55. The molecule has 0 radical (unpaired) electrons. The molecule has 1 aromatic carbocycles. The summed E-state index contributed by atoms with van der Waals surface area (Å²) in [7, 11) is 0. The first kappa shape index (κ1) is 19.7. The molecule has 0 unspecified atom stereocenters. The van der Waals surface area contributed by atoms with E-state index in [4.69, 9.17) is 4.74 Å². The molecule has 1 saturated heterocycles. The van der Waals surface area contributed by atoms with E-state index in [0.717, 1.165) is 25.4 Å². The molecular weight excluding hydrogens is 314 g/mol. The summed E-state index contributed by atoms with van der Waals surface area (Å²) < 4.78 is 5.54. The van der Waals surface area contributed by atoms with E-state index in [1.165, 1.54) is 24.9 Å². The second-order valence-corrected chi connectivity index (χ2v) is 7.79. The molecule has 2 rings (SSSR count). The molecule has 5 nitrogen and oxygen atoms in total. The van der Waals surface area contributed by atoms with E-state index >= 15 is 0 Å². The van der Waals surface area contributed by atoms with Gasteiger partial charge in [0.25, 0.3) is 5.91 Å². The molecule has 0 aliphatic carbocycles. The van der Waals surface area contributed by atoms with Crippen molar-refractivity contribution in [3.05, 3.63) is 29.8 Å². The first-order valence-corrected chi connectivity index (χ1v) is 9.35. The molecule has 5 heteroatoms. The molecule has 1 aromatic rings. The zero-order valence-electron chi connectivity index (χ0n) is 16.1. The van der Waals surface area contributed by atoms with Crippen LogP contribution in [-0.4, -0.2) is 48.6 Å².